The first-order valence-electron chi connectivity index (χ1n) is 7.57. The number of rotatable bonds is 4. The molecule has 0 spiro atoms. The number of nitro benzene ring substituents is 1. The second-order valence-corrected chi connectivity index (χ2v) is 5.95. The minimum absolute atomic E-state index is 0.211. The number of nitrogens with zero attached hydrogens (tertiary/aromatic N) is 1. The van der Waals surface area contributed by atoms with Crippen molar-refractivity contribution in [3.8, 4) is 0 Å². The Bertz CT molecular complexity index is 478. The molecule has 1 aromatic carbocycles. The molecule has 1 aliphatic rings. The maximum absolute atomic E-state index is 10.9. The lowest BCUT2D eigenvalue weighted by atomic mass is 10.00. The molecule has 0 radical (unpaired) electrons. The molecular formula is C16H24N2O2. The molecule has 1 N–H and O–H groups in total. The van der Waals surface area contributed by atoms with Crippen LogP contribution in [-0.2, 0) is 0 Å². The van der Waals surface area contributed by atoms with Crippen LogP contribution >= 0.6 is 0 Å². The van der Waals surface area contributed by atoms with Crippen LogP contribution in [0.1, 0.15) is 49.7 Å². The van der Waals surface area contributed by atoms with E-state index >= 15 is 0 Å². The summed E-state index contributed by atoms with van der Waals surface area (Å²) in [6, 6.07) is 3.58. The summed E-state index contributed by atoms with van der Waals surface area (Å²) < 4.78 is 0. The Morgan fingerprint density at radius 1 is 1.15 bits per heavy atom. The van der Waals surface area contributed by atoms with E-state index in [1.54, 1.807) is 13.0 Å². The summed E-state index contributed by atoms with van der Waals surface area (Å²) in [6.45, 7) is 4.72. The molecule has 0 aromatic heterocycles. The van der Waals surface area contributed by atoms with Gasteiger partial charge in [0.2, 0.25) is 0 Å². The highest BCUT2D eigenvalue weighted by molar-refractivity contribution is 5.59. The topological polar surface area (TPSA) is 55.2 Å². The summed E-state index contributed by atoms with van der Waals surface area (Å²) in [5, 5.41) is 14.4. The van der Waals surface area contributed by atoms with Crippen molar-refractivity contribution in [2.75, 3.05) is 11.9 Å². The fourth-order valence-corrected chi connectivity index (χ4v) is 3.01. The molecule has 2 rings (SSSR count). The fraction of sp³-hybridized carbons (Fsp3) is 0.625. The molecule has 0 unspecified atom stereocenters. The molecule has 110 valence electrons. The van der Waals surface area contributed by atoms with Gasteiger partial charge in [-0.05, 0) is 44.2 Å². The summed E-state index contributed by atoms with van der Waals surface area (Å²) in [5.41, 5.74) is 2.93. The predicted molar refractivity (Wildman–Crippen MR) is 82.3 cm³/mol. The predicted octanol–water partition coefficient (Wildman–Crippen LogP) is 4.59. The Morgan fingerprint density at radius 2 is 1.80 bits per heavy atom. The van der Waals surface area contributed by atoms with Crippen molar-refractivity contribution in [2.24, 2.45) is 5.92 Å². The van der Waals surface area contributed by atoms with Gasteiger partial charge in [0.25, 0.3) is 5.69 Å². The monoisotopic (exact) mass is 276 g/mol. The summed E-state index contributed by atoms with van der Waals surface area (Å²) in [6.07, 6.45) is 8.02. The highest BCUT2D eigenvalue weighted by atomic mass is 16.6. The maximum atomic E-state index is 10.9. The number of hydrogen-bond acceptors (Lipinski definition) is 3. The zero-order valence-corrected chi connectivity index (χ0v) is 12.4. The third-order valence-corrected chi connectivity index (χ3v) is 4.30. The van der Waals surface area contributed by atoms with Crippen molar-refractivity contribution in [3.05, 3.63) is 33.4 Å². The minimum atomic E-state index is -0.308. The smallest absolute Gasteiger partial charge is 0.272 e. The van der Waals surface area contributed by atoms with E-state index in [2.05, 4.69) is 5.32 Å². The van der Waals surface area contributed by atoms with Gasteiger partial charge in [0.1, 0.15) is 0 Å². The third kappa shape index (κ3) is 3.71. The van der Waals surface area contributed by atoms with E-state index in [0.717, 1.165) is 29.3 Å². The average molecular weight is 276 g/mol. The van der Waals surface area contributed by atoms with Gasteiger partial charge < -0.3 is 5.32 Å². The van der Waals surface area contributed by atoms with Crippen LogP contribution in [0.25, 0.3) is 0 Å². The van der Waals surface area contributed by atoms with Crippen LogP contribution in [-0.4, -0.2) is 11.5 Å². The molecule has 0 atom stereocenters. The third-order valence-electron chi connectivity index (χ3n) is 4.30. The van der Waals surface area contributed by atoms with Crippen LogP contribution in [0.2, 0.25) is 0 Å². The number of anilines is 1. The van der Waals surface area contributed by atoms with E-state index in [1.807, 2.05) is 13.0 Å². The van der Waals surface area contributed by atoms with Crippen LogP contribution in [0.15, 0.2) is 12.1 Å². The van der Waals surface area contributed by atoms with Crippen molar-refractivity contribution in [2.45, 2.75) is 52.4 Å². The lowest BCUT2D eigenvalue weighted by molar-refractivity contribution is -0.385. The molecule has 1 aromatic rings. The van der Waals surface area contributed by atoms with Crippen LogP contribution < -0.4 is 5.32 Å². The Morgan fingerprint density at radius 3 is 2.40 bits per heavy atom. The number of hydrogen-bond donors (Lipinski definition) is 1. The standard InChI is InChI=1S/C16H24N2O2/c1-12-10-16(18(19)20)13(2)9-15(12)17-11-14-7-5-3-4-6-8-14/h9-10,14,17H,3-8,11H2,1-2H3. The van der Waals surface area contributed by atoms with Crippen LogP contribution in [0.3, 0.4) is 0 Å². The van der Waals surface area contributed by atoms with Gasteiger partial charge in [0.15, 0.2) is 0 Å². The van der Waals surface area contributed by atoms with E-state index < -0.39 is 0 Å². The Balaban J connectivity index is 2.02. The van der Waals surface area contributed by atoms with Gasteiger partial charge >= 0.3 is 0 Å². The van der Waals surface area contributed by atoms with Crippen molar-refractivity contribution >= 4 is 11.4 Å². The zero-order valence-electron chi connectivity index (χ0n) is 12.4. The maximum Gasteiger partial charge on any atom is 0.272 e. The lowest BCUT2D eigenvalue weighted by Gasteiger charge is -2.17. The molecule has 0 aliphatic heterocycles. The minimum Gasteiger partial charge on any atom is -0.385 e. The van der Waals surface area contributed by atoms with Crippen molar-refractivity contribution in [3.63, 3.8) is 0 Å². The van der Waals surface area contributed by atoms with Crippen molar-refractivity contribution < 1.29 is 4.92 Å². The number of nitrogens with one attached hydrogen (secondary N) is 1. The first-order valence-corrected chi connectivity index (χ1v) is 7.57. The average Bonchev–Trinajstić information content (AvgIpc) is 2.67. The summed E-state index contributed by atoms with van der Waals surface area (Å²) in [4.78, 5) is 10.6. The number of nitro groups is 1. The van der Waals surface area contributed by atoms with Crippen molar-refractivity contribution in [1.82, 2.24) is 0 Å². The molecule has 0 heterocycles. The molecular weight excluding hydrogens is 252 g/mol. The van der Waals surface area contributed by atoms with Gasteiger partial charge in [0.05, 0.1) is 4.92 Å². The fourth-order valence-electron chi connectivity index (χ4n) is 3.01. The van der Waals surface area contributed by atoms with Crippen LogP contribution in [0.4, 0.5) is 11.4 Å². The van der Waals surface area contributed by atoms with E-state index in [4.69, 9.17) is 0 Å². The summed E-state index contributed by atoms with van der Waals surface area (Å²) in [7, 11) is 0. The second-order valence-electron chi connectivity index (χ2n) is 5.95. The van der Waals surface area contributed by atoms with Crippen LogP contribution in [0, 0.1) is 29.9 Å². The van der Waals surface area contributed by atoms with E-state index in [1.165, 1.54) is 38.5 Å². The second kappa shape index (κ2) is 6.73. The first-order chi connectivity index (χ1) is 9.58. The molecule has 0 amide bonds. The quantitative estimate of drug-likeness (QED) is 0.497. The van der Waals surface area contributed by atoms with E-state index in [9.17, 15) is 10.1 Å². The van der Waals surface area contributed by atoms with Gasteiger partial charge in [-0.25, -0.2) is 0 Å². The molecule has 1 aliphatic carbocycles. The highest BCUT2D eigenvalue weighted by Crippen LogP contribution is 2.28. The molecule has 20 heavy (non-hydrogen) atoms. The Labute approximate surface area is 120 Å². The van der Waals surface area contributed by atoms with E-state index in [-0.39, 0.29) is 10.6 Å². The van der Waals surface area contributed by atoms with Gasteiger partial charge in [-0.15, -0.1) is 0 Å². The summed E-state index contributed by atoms with van der Waals surface area (Å²) in [5.74, 6) is 0.743. The summed E-state index contributed by atoms with van der Waals surface area (Å²) >= 11 is 0. The largest absolute Gasteiger partial charge is 0.385 e. The SMILES string of the molecule is Cc1cc([N+](=O)[O-])c(C)cc1NCC1CCCCCC1. The lowest BCUT2D eigenvalue weighted by Crippen LogP contribution is -2.14. The highest BCUT2D eigenvalue weighted by Gasteiger charge is 2.15. The molecule has 4 nitrogen and oxygen atoms in total. The number of benzene rings is 1. The first kappa shape index (κ1) is 14.8. The van der Waals surface area contributed by atoms with Gasteiger partial charge in [-0.1, -0.05) is 25.7 Å². The van der Waals surface area contributed by atoms with Gasteiger partial charge in [-0.2, -0.15) is 0 Å². The molecule has 1 saturated carbocycles. The zero-order chi connectivity index (χ0) is 14.5. The number of aryl methyl sites for hydroxylation is 2. The van der Waals surface area contributed by atoms with Gasteiger partial charge in [0, 0.05) is 23.9 Å². The van der Waals surface area contributed by atoms with Gasteiger partial charge in [-0.3, -0.25) is 10.1 Å². The molecule has 4 heteroatoms. The molecule has 0 bridgehead atoms. The molecule has 1 fully saturated rings. The Hall–Kier alpha value is -1.58. The Kier molecular flexibility index (Phi) is 4.99. The molecule has 0 saturated heterocycles. The van der Waals surface area contributed by atoms with Crippen LogP contribution in [0.5, 0.6) is 0 Å². The normalized spacial score (nSPS) is 16.7. The van der Waals surface area contributed by atoms with Crippen molar-refractivity contribution in [1.29, 1.82) is 0 Å². The van der Waals surface area contributed by atoms with E-state index in [0.29, 0.717) is 0 Å².